The summed E-state index contributed by atoms with van der Waals surface area (Å²) in [5.74, 6) is 0.609. The Morgan fingerprint density at radius 1 is 0.580 bits per heavy atom. The van der Waals surface area contributed by atoms with E-state index < -0.39 is 16.8 Å². The average molecular weight is 928 g/mol. The third kappa shape index (κ3) is 8.04. The molecular formula is C56H62FN9O3. The number of hydrogen-bond acceptors (Lipinski definition) is 10. The van der Waals surface area contributed by atoms with E-state index in [4.69, 9.17) is 9.72 Å². The zero-order chi connectivity index (χ0) is 46.9. The molecule has 356 valence electrons. The van der Waals surface area contributed by atoms with E-state index in [1.54, 1.807) is 17.2 Å². The molecule has 69 heavy (non-hydrogen) atoms. The molecule has 4 aromatic heterocycles. The van der Waals surface area contributed by atoms with Gasteiger partial charge in [-0.3, -0.25) is 19.6 Å². The fourth-order valence-electron chi connectivity index (χ4n) is 12.5. The van der Waals surface area contributed by atoms with Crippen LogP contribution in [0.2, 0.25) is 0 Å². The summed E-state index contributed by atoms with van der Waals surface area (Å²) in [5.41, 5.74) is 9.05. The highest BCUT2D eigenvalue weighted by atomic mass is 19.1. The molecule has 13 heteroatoms. The molecule has 2 amide bonds. The number of anilines is 2. The third-order valence-corrected chi connectivity index (χ3v) is 16.7. The minimum absolute atomic E-state index is 0.191. The molecule has 0 atom stereocenters. The Kier molecular flexibility index (Phi) is 11.4. The molecule has 7 aliphatic rings. The van der Waals surface area contributed by atoms with Crippen LogP contribution in [0.15, 0.2) is 85.5 Å². The van der Waals surface area contributed by atoms with Gasteiger partial charge in [0.2, 0.25) is 23.6 Å². The van der Waals surface area contributed by atoms with E-state index in [0.29, 0.717) is 12.5 Å². The molecule has 2 aromatic carbocycles. The fraction of sp³-hybridized carbons (Fsp3) is 0.464. The summed E-state index contributed by atoms with van der Waals surface area (Å²) in [6.45, 7) is 8.17. The Morgan fingerprint density at radius 2 is 1.07 bits per heavy atom. The van der Waals surface area contributed by atoms with Gasteiger partial charge >= 0.3 is 0 Å². The maximum atomic E-state index is 13.7. The van der Waals surface area contributed by atoms with Crippen LogP contribution < -0.4 is 14.5 Å². The largest absolute Gasteiger partial charge is 0.478 e. The van der Waals surface area contributed by atoms with Crippen molar-refractivity contribution in [3.63, 3.8) is 0 Å². The number of benzene rings is 2. The van der Waals surface area contributed by atoms with Gasteiger partial charge in [-0.05, 0) is 163 Å². The van der Waals surface area contributed by atoms with Gasteiger partial charge in [0.05, 0.1) is 52.2 Å². The van der Waals surface area contributed by atoms with Crippen molar-refractivity contribution in [2.24, 2.45) is 0 Å². The highest BCUT2D eigenvalue weighted by molar-refractivity contribution is 6.13. The molecule has 5 fully saturated rings. The number of likely N-dealkylation sites (N-methyl/N-ethyl adjacent to an activating group) is 2. The highest BCUT2D eigenvalue weighted by Crippen LogP contribution is 2.53. The molecule has 6 aromatic rings. The van der Waals surface area contributed by atoms with Crippen molar-refractivity contribution < 1.29 is 18.7 Å². The van der Waals surface area contributed by atoms with Gasteiger partial charge < -0.3 is 29.2 Å². The number of aromatic nitrogens is 4. The number of nitrogens with zero attached hydrogens (tertiary/aromatic N) is 9. The lowest BCUT2D eigenvalue weighted by Gasteiger charge is -2.38. The molecule has 0 N–H and O–H groups in total. The molecule has 13 rings (SSSR count). The molecule has 2 saturated carbocycles. The zero-order valence-electron chi connectivity index (χ0n) is 40.0. The van der Waals surface area contributed by atoms with E-state index >= 15 is 0 Å². The number of amides is 2. The van der Waals surface area contributed by atoms with Crippen molar-refractivity contribution in [3.8, 4) is 28.1 Å². The summed E-state index contributed by atoms with van der Waals surface area (Å²) in [6, 6.07) is 21.1. The summed E-state index contributed by atoms with van der Waals surface area (Å²) < 4.78 is 19.2. The van der Waals surface area contributed by atoms with Crippen molar-refractivity contribution in [1.82, 2.24) is 34.6 Å². The first kappa shape index (κ1) is 44.3. The van der Waals surface area contributed by atoms with Gasteiger partial charge in [-0.1, -0.05) is 18.6 Å². The van der Waals surface area contributed by atoms with E-state index in [0.717, 1.165) is 138 Å². The van der Waals surface area contributed by atoms with Crippen molar-refractivity contribution in [3.05, 3.63) is 103 Å². The van der Waals surface area contributed by atoms with Crippen LogP contribution in [0.25, 0.3) is 44.1 Å². The number of rotatable bonds is 9. The van der Waals surface area contributed by atoms with Gasteiger partial charge in [-0.15, -0.1) is 0 Å². The second-order valence-corrected chi connectivity index (χ2v) is 20.8. The number of carbonyl (C=O) groups excluding carboxylic acids is 2. The fourth-order valence-corrected chi connectivity index (χ4v) is 12.5. The molecule has 2 aliphatic carbocycles. The summed E-state index contributed by atoms with van der Waals surface area (Å²) in [7, 11) is 3.78. The van der Waals surface area contributed by atoms with Gasteiger partial charge in [-0.25, -0.2) is 9.97 Å². The van der Waals surface area contributed by atoms with Crippen LogP contribution >= 0.6 is 0 Å². The minimum Gasteiger partial charge on any atom is -0.478 e. The zero-order valence-corrected chi connectivity index (χ0v) is 40.0. The number of hydrogen-bond donors (Lipinski definition) is 0. The smallest absolute Gasteiger partial charge is 0.237 e. The summed E-state index contributed by atoms with van der Waals surface area (Å²) >= 11 is 0. The first-order valence-corrected chi connectivity index (χ1v) is 25.5. The van der Waals surface area contributed by atoms with Crippen LogP contribution in [-0.4, -0.2) is 125 Å². The first-order valence-electron chi connectivity index (χ1n) is 25.5. The molecule has 0 unspecified atom stereocenters. The van der Waals surface area contributed by atoms with Crippen LogP contribution in [0.1, 0.15) is 88.2 Å². The maximum Gasteiger partial charge on any atom is 0.237 e. The number of fused-ring (bicyclic) bond motifs is 8. The standard InChI is InChI=1S/C32H39N5O2.C24H23FN4O/c1-35-28-22-33-27-10-6-23(24-7-11-29(34-21-24)39-19-5-16-36-14-3-2-4-15-36)20-26(27)30(28)32(31(35)38)12-17-37(18-13-32)25-8-9-25;1-28-20-14-26-19-6-2-15(16-3-7-21(25)27-13-16)12-18(19)22(20)24(23(28)30)8-10-29(11-9-24)17-4-5-17/h6-7,10-11,20-22,25H,2-5,8-9,12-19H2,1H3;2-3,6-7,12-14,17H,4-5,8-11H2,1H3. The maximum absolute atomic E-state index is 13.7. The van der Waals surface area contributed by atoms with Crippen LogP contribution in [0.3, 0.4) is 0 Å². The van der Waals surface area contributed by atoms with E-state index in [9.17, 15) is 14.0 Å². The predicted octanol–water partition coefficient (Wildman–Crippen LogP) is 8.93. The summed E-state index contributed by atoms with van der Waals surface area (Å²) in [4.78, 5) is 56.3. The first-order chi connectivity index (χ1) is 33.7. The molecule has 0 radical (unpaired) electrons. The van der Waals surface area contributed by atoms with Gasteiger partial charge in [0.1, 0.15) is 0 Å². The molecule has 2 spiro atoms. The van der Waals surface area contributed by atoms with Crippen LogP contribution in [0.4, 0.5) is 15.8 Å². The number of ether oxygens (including phenoxy) is 1. The van der Waals surface area contributed by atoms with Gasteiger partial charge in [0, 0.05) is 84.2 Å². The number of piperidine rings is 3. The third-order valence-electron chi connectivity index (χ3n) is 16.7. The quantitative estimate of drug-likeness (QED) is 0.103. The molecular weight excluding hydrogens is 866 g/mol. The average Bonchev–Trinajstić information content (AvgIpc) is 4.35. The minimum atomic E-state index is -0.490. The Labute approximate surface area is 403 Å². The molecule has 5 aliphatic heterocycles. The van der Waals surface area contributed by atoms with Crippen LogP contribution in [-0.2, 0) is 20.4 Å². The van der Waals surface area contributed by atoms with Gasteiger partial charge in [0.15, 0.2) is 0 Å². The lowest BCUT2D eigenvalue weighted by molar-refractivity contribution is -0.125. The van der Waals surface area contributed by atoms with Crippen LogP contribution in [0, 0.1) is 5.95 Å². The SMILES string of the molecule is CN1C(=O)C2(CCN(C3CC3)CC2)c2c1cnc1ccc(-c3ccc(F)nc3)cc21.CN1C(=O)C2(CCN(C3CC3)CC2)c2c1cnc1ccc(-c3ccc(OCCCN4CCCCC4)nc3)cc21. The normalized spacial score (nSPS) is 21.3. The van der Waals surface area contributed by atoms with Crippen molar-refractivity contribution in [1.29, 1.82) is 0 Å². The van der Waals surface area contributed by atoms with Crippen molar-refractivity contribution >= 4 is 45.0 Å². The Hall–Kier alpha value is -5.89. The Balaban J connectivity index is 0.000000148. The second kappa shape index (κ2) is 17.8. The highest BCUT2D eigenvalue weighted by Gasteiger charge is 2.54. The number of carbonyl (C=O) groups is 2. The lowest BCUT2D eigenvalue weighted by Crippen LogP contribution is -2.48. The van der Waals surface area contributed by atoms with Gasteiger partial charge in [0.25, 0.3) is 0 Å². The topological polar surface area (TPSA) is 111 Å². The van der Waals surface area contributed by atoms with Crippen molar-refractivity contribution in [2.75, 3.05) is 76.3 Å². The van der Waals surface area contributed by atoms with Crippen LogP contribution in [0.5, 0.6) is 5.88 Å². The molecule has 9 heterocycles. The van der Waals surface area contributed by atoms with E-state index in [1.165, 1.54) is 69.7 Å². The molecule has 12 nitrogen and oxygen atoms in total. The number of pyridine rings is 4. The number of halogens is 1. The Morgan fingerprint density at radius 3 is 1.54 bits per heavy atom. The van der Waals surface area contributed by atoms with E-state index in [-0.39, 0.29) is 11.8 Å². The second-order valence-electron chi connectivity index (χ2n) is 20.8. The summed E-state index contributed by atoms with van der Waals surface area (Å²) in [6.07, 6.45) is 20.9. The van der Waals surface area contributed by atoms with E-state index in [1.807, 2.05) is 55.8 Å². The Bertz CT molecular complexity index is 2920. The molecule has 3 saturated heterocycles. The lowest BCUT2D eigenvalue weighted by atomic mass is 9.72. The monoisotopic (exact) mass is 927 g/mol. The summed E-state index contributed by atoms with van der Waals surface area (Å²) in [5, 5.41) is 2.12. The van der Waals surface area contributed by atoms with Gasteiger partial charge in [-0.2, -0.15) is 4.39 Å². The number of likely N-dealkylation sites (tertiary alicyclic amines) is 3. The van der Waals surface area contributed by atoms with E-state index in [2.05, 4.69) is 60.0 Å². The van der Waals surface area contributed by atoms with Crippen molar-refractivity contribution in [2.45, 2.75) is 100.0 Å². The molecule has 0 bridgehead atoms. The predicted molar refractivity (Wildman–Crippen MR) is 268 cm³/mol.